The third-order valence-electron chi connectivity index (χ3n) is 4.48. The van der Waals surface area contributed by atoms with Gasteiger partial charge in [0.05, 0.1) is 32.1 Å². The predicted octanol–water partition coefficient (Wildman–Crippen LogP) is 2.82. The second-order valence-corrected chi connectivity index (χ2v) is 10.7. The number of aromatic nitrogens is 2. The first-order valence-corrected chi connectivity index (χ1v) is 11.7. The zero-order valence-corrected chi connectivity index (χ0v) is 16.8. The van der Waals surface area contributed by atoms with E-state index in [-0.39, 0.29) is 18.4 Å². The molecule has 2 aromatic heterocycles. The molecule has 3 heterocycles. The molecular weight excluding hydrogens is 392 g/mol. The Kier molecular flexibility index (Phi) is 4.46. The second-order valence-electron chi connectivity index (χ2n) is 6.46. The fourth-order valence-corrected chi connectivity index (χ4v) is 5.98. The number of benzene rings is 1. The van der Waals surface area contributed by atoms with Gasteiger partial charge in [0.25, 0.3) is 0 Å². The monoisotopic (exact) mass is 410 g/mol. The number of nitrogens with one attached hydrogen (secondary N) is 1. The summed E-state index contributed by atoms with van der Waals surface area (Å²) in [5.74, 6) is -0.532. The highest BCUT2D eigenvalue weighted by Crippen LogP contribution is 2.35. The first-order chi connectivity index (χ1) is 12.3. The lowest BCUT2D eigenvalue weighted by Crippen LogP contribution is -2.43. The van der Waals surface area contributed by atoms with Gasteiger partial charge >= 0.3 is 0 Å². The summed E-state index contributed by atoms with van der Waals surface area (Å²) in [5, 5.41) is 4.39. The van der Waals surface area contributed by atoms with Crippen molar-refractivity contribution in [2.24, 2.45) is 5.92 Å². The van der Waals surface area contributed by atoms with Crippen LogP contribution in [0.1, 0.15) is 17.8 Å². The van der Waals surface area contributed by atoms with Crippen LogP contribution in [-0.4, -0.2) is 47.9 Å². The third kappa shape index (κ3) is 3.34. The number of amides is 1. The number of carbonyl (C=O) groups is 1. The maximum atomic E-state index is 12.6. The zero-order valence-electron chi connectivity index (χ0n) is 14.4. The van der Waals surface area contributed by atoms with Crippen molar-refractivity contribution in [2.45, 2.75) is 19.8 Å². The van der Waals surface area contributed by atoms with Gasteiger partial charge in [0.1, 0.15) is 5.52 Å². The SMILES string of the molecule is Cc1nc2c(ccc3nc(NC(=O)C4CCCN(S(C)(=O)=O)C4)sc32)s1. The van der Waals surface area contributed by atoms with E-state index in [4.69, 9.17) is 0 Å². The molecule has 0 bridgehead atoms. The van der Waals surface area contributed by atoms with Crippen molar-refractivity contribution in [1.82, 2.24) is 14.3 Å². The lowest BCUT2D eigenvalue weighted by molar-refractivity contribution is -0.120. The molecule has 4 rings (SSSR count). The van der Waals surface area contributed by atoms with Crippen LogP contribution in [0.25, 0.3) is 20.4 Å². The fraction of sp³-hybridized carbons (Fsp3) is 0.438. The van der Waals surface area contributed by atoms with Crippen molar-refractivity contribution >= 4 is 64.2 Å². The number of hydrogen-bond donors (Lipinski definition) is 1. The summed E-state index contributed by atoms with van der Waals surface area (Å²) < 4.78 is 26.9. The first kappa shape index (κ1) is 17.8. The molecule has 1 aliphatic rings. The molecule has 1 N–H and O–H groups in total. The largest absolute Gasteiger partial charge is 0.302 e. The van der Waals surface area contributed by atoms with E-state index >= 15 is 0 Å². The number of nitrogens with zero attached hydrogens (tertiary/aromatic N) is 3. The molecule has 3 aromatic rings. The molecule has 138 valence electrons. The minimum Gasteiger partial charge on any atom is -0.302 e. The Hall–Kier alpha value is -1.62. The molecule has 0 aliphatic carbocycles. The van der Waals surface area contributed by atoms with Crippen LogP contribution in [-0.2, 0) is 14.8 Å². The molecule has 1 fully saturated rings. The number of hydrogen-bond acceptors (Lipinski definition) is 7. The molecule has 10 heteroatoms. The Morgan fingerprint density at radius 3 is 2.88 bits per heavy atom. The van der Waals surface area contributed by atoms with Crippen molar-refractivity contribution in [2.75, 3.05) is 24.7 Å². The number of aryl methyl sites for hydroxylation is 1. The topological polar surface area (TPSA) is 92.3 Å². The zero-order chi connectivity index (χ0) is 18.5. The number of rotatable bonds is 3. The quantitative estimate of drug-likeness (QED) is 0.717. The average Bonchev–Trinajstić information content (AvgIpc) is 3.16. The van der Waals surface area contributed by atoms with Crippen molar-refractivity contribution in [1.29, 1.82) is 0 Å². The predicted molar refractivity (Wildman–Crippen MR) is 105 cm³/mol. The second kappa shape index (κ2) is 6.52. The summed E-state index contributed by atoms with van der Waals surface area (Å²) in [4.78, 5) is 21.7. The van der Waals surface area contributed by atoms with E-state index in [1.165, 1.54) is 21.9 Å². The summed E-state index contributed by atoms with van der Waals surface area (Å²) in [6.45, 7) is 2.67. The number of anilines is 1. The van der Waals surface area contributed by atoms with Crippen molar-refractivity contribution in [3.63, 3.8) is 0 Å². The van der Waals surface area contributed by atoms with Crippen LogP contribution in [0.5, 0.6) is 0 Å². The van der Waals surface area contributed by atoms with Crippen molar-refractivity contribution in [3.05, 3.63) is 17.1 Å². The van der Waals surface area contributed by atoms with E-state index < -0.39 is 10.0 Å². The molecule has 0 radical (unpaired) electrons. The van der Waals surface area contributed by atoms with Crippen LogP contribution in [0.15, 0.2) is 12.1 Å². The molecule has 1 amide bonds. The van der Waals surface area contributed by atoms with Crippen LogP contribution in [0.4, 0.5) is 5.13 Å². The van der Waals surface area contributed by atoms with E-state index in [0.29, 0.717) is 24.5 Å². The van der Waals surface area contributed by atoms with Gasteiger partial charge in [-0.15, -0.1) is 11.3 Å². The maximum absolute atomic E-state index is 12.6. The number of thiazole rings is 2. The minimum absolute atomic E-state index is 0.178. The van der Waals surface area contributed by atoms with Crippen LogP contribution in [0.3, 0.4) is 0 Å². The van der Waals surface area contributed by atoms with Gasteiger partial charge in [-0.05, 0) is 31.9 Å². The van der Waals surface area contributed by atoms with Crippen LogP contribution >= 0.6 is 22.7 Å². The van der Waals surface area contributed by atoms with Gasteiger partial charge < -0.3 is 5.32 Å². The normalized spacial score (nSPS) is 19.2. The molecular formula is C16H18N4O3S3. The summed E-state index contributed by atoms with van der Waals surface area (Å²) in [6, 6.07) is 3.94. The third-order valence-corrected chi connectivity index (χ3v) is 7.67. The van der Waals surface area contributed by atoms with Gasteiger partial charge in [-0.3, -0.25) is 4.79 Å². The highest BCUT2D eigenvalue weighted by atomic mass is 32.2. The molecule has 1 unspecified atom stereocenters. The highest BCUT2D eigenvalue weighted by Gasteiger charge is 2.30. The van der Waals surface area contributed by atoms with Gasteiger partial charge in [-0.1, -0.05) is 11.3 Å². The average molecular weight is 411 g/mol. The lowest BCUT2D eigenvalue weighted by atomic mass is 9.99. The summed E-state index contributed by atoms with van der Waals surface area (Å²) >= 11 is 3.04. The molecule has 1 aliphatic heterocycles. The van der Waals surface area contributed by atoms with Gasteiger partial charge in [0.15, 0.2) is 5.13 Å². The van der Waals surface area contributed by atoms with Gasteiger partial charge in [-0.25, -0.2) is 22.7 Å². The Bertz CT molecular complexity index is 1100. The van der Waals surface area contributed by atoms with Crippen LogP contribution in [0, 0.1) is 12.8 Å². The first-order valence-electron chi connectivity index (χ1n) is 8.24. The number of carbonyl (C=O) groups excluding carboxylic acids is 1. The van der Waals surface area contributed by atoms with Crippen LogP contribution in [0.2, 0.25) is 0 Å². The Morgan fingerprint density at radius 1 is 1.31 bits per heavy atom. The summed E-state index contributed by atoms with van der Waals surface area (Å²) in [7, 11) is -3.27. The fourth-order valence-electron chi connectivity index (χ4n) is 3.21. The standard InChI is InChI=1S/C16H18N4O3S3/c1-9-17-13-12(24-9)6-5-11-14(13)25-16(18-11)19-15(21)10-4-3-7-20(8-10)26(2,22)23/h5-6,10H,3-4,7-8H2,1-2H3,(H,18,19,21). The van der Waals surface area contributed by atoms with Crippen LogP contribution < -0.4 is 5.32 Å². The Balaban J connectivity index is 1.57. The summed E-state index contributed by atoms with van der Waals surface area (Å²) in [6.07, 6.45) is 2.55. The van der Waals surface area contributed by atoms with Gasteiger partial charge in [0, 0.05) is 13.1 Å². The molecule has 1 aromatic carbocycles. The Labute approximate surface area is 159 Å². The minimum atomic E-state index is -3.27. The number of fused-ring (bicyclic) bond motifs is 3. The molecule has 0 spiro atoms. The molecule has 26 heavy (non-hydrogen) atoms. The molecule has 1 saturated heterocycles. The lowest BCUT2D eigenvalue weighted by Gasteiger charge is -2.29. The maximum Gasteiger partial charge on any atom is 0.230 e. The van der Waals surface area contributed by atoms with E-state index in [1.54, 1.807) is 11.3 Å². The number of sulfonamides is 1. The van der Waals surface area contributed by atoms with Gasteiger partial charge in [0.2, 0.25) is 15.9 Å². The van der Waals surface area contributed by atoms with E-state index in [9.17, 15) is 13.2 Å². The summed E-state index contributed by atoms with van der Waals surface area (Å²) in [5.41, 5.74) is 1.73. The smallest absolute Gasteiger partial charge is 0.230 e. The highest BCUT2D eigenvalue weighted by molar-refractivity contribution is 7.88. The number of piperidine rings is 1. The van der Waals surface area contributed by atoms with Crippen molar-refractivity contribution in [3.8, 4) is 0 Å². The van der Waals surface area contributed by atoms with E-state index in [2.05, 4.69) is 15.3 Å². The van der Waals surface area contributed by atoms with Crippen molar-refractivity contribution < 1.29 is 13.2 Å². The molecule has 0 saturated carbocycles. The Morgan fingerprint density at radius 2 is 2.12 bits per heavy atom. The van der Waals surface area contributed by atoms with E-state index in [1.807, 2.05) is 19.1 Å². The molecule has 7 nitrogen and oxygen atoms in total. The van der Waals surface area contributed by atoms with Gasteiger partial charge in [-0.2, -0.15) is 0 Å². The molecule has 1 atom stereocenters. The van der Waals surface area contributed by atoms with E-state index in [0.717, 1.165) is 25.4 Å².